The zero-order valence-corrected chi connectivity index (χ0v) is 15.4. The predicted molar refractivity (Wildman–Crippen MR) is 91.0 cm³/mol. The SMILES string of the molecule is Cc1cccc(C)c1NC(=O)C[n+]1c(N)sc2ccccc21.[Br-]. The normalized spacial score (nSPS) is 10.3. The van der Waals surface area contributed by atoms with Gasteiger partial charge >= 0.3 is 5.13 Å². The first kappa shape index (κ1) is 17.4. The van der Waals surface area contributed by atoms with Gasteiger partial charge < -0.3 is 22.3 Å². The number of halogens is 1. The van der Waals surface area contributed by atoms with Gasteiger partial charge in [-0.25, -0.2) is 4.57 Å². The maximum absolute atomic E-state index is 12.4. The van der Waals surface area contributed by atoms with Crippen LogP contribution in [0.3, 0.4) is 0 Å². The molecule has 0 unspecified atom stereocenters. The van der Waals surface area contributed by atoms with Crippen LogP contribution in [-0.2, 0) is 11.3 Å². The summed E-state index contributed by atoms with van der Waals surface area (Å²) in [5, 5.41) is 3.63. The van der Waals surface area contributed by atoms with Crippen LogP contribution in [0.15, 0.2) is 42.5 Å². The predicted octanol–water partition coefficient (Wildman–Crippen LogP) is 0.0305. The lowest BCUT2D eigenvalue weighted by Gasteiger charge is -2.10. The van der Waals surface area contributed by atoms with Crippen molar-refractivity contribution in [2.24, 2.45) is 0 Å². The molecule has 0 radical (unpaired) electrons. The molecule has 4 nitrogen and oxygen atoms in total. The van der Waals surface area contributed by atoms with Gasteiger partial charge in [-0.1, -0.05) is 30.3 Å². The molecule has 23 heavy (non-hydrogen) atoms. The van der Waals surface area contributed by atoms with Crippen molar-refractivity contribution >= 4 is 38.3 Å². The molecule has 6 heteroatoms. The van der Waals surface area contributed by atoms with E-state index in [9.17, 15) is 4.79 Å². The van der Waals surface area contributed by atoms with E-state index in [0.717, 1.165) is 27.0 Å². The van der Waals surface area contributed by atoms with Crippen LogP contribution in [0, 0.1) is 13.8 Å². The number of aromatic nitrogens is 1. The second-order valence-corrected chi connectivity index (χ2v) is 6.37. The summed E-state index contributed by atoms with van der Waals surface area (Å²) >= 11 is 1.49. The molecule has 0 spiro atoms. The van der Waals surface area contributed by atoms with Crippen molar-refractivity contribution in [1.82, 2.24) is 0 Å². The standard InChI is InChI=1S/C17H17N3OS.BrH/c1-11-6-5-7-12(2)16(11)19-15(21)10-20-13-8-3-4-9-14(13)22-17(20)18;/h3-9,18H,10H2,1-2H3,(H,19,21);1H. The molecule has 0 atom stereocenters. The van der Waals surface area contributed by atoms with Gasteiger partial charge in [0.25, 0.3) is 5.91 Å². The number of nitrogens with one attached hydrogen (secondary N) is 1. The first-order valence-corrected chi connectivity index (χ1v) is 7.91. The van der Waals surface area contributed by atoms with Crippen LogP contribution in [0.25, 0.3) is 10.2 Å². The smallest absolute Gasteiger partial charge is 0.333 e. The average molecular weight is 392 g/mol. The van der Waals surface area contributed by atoms with Crippen LogP contribution in [0.4, 0.5) is 10.8 Å². The molecule has 0 saturated heterocycles. The molecule has 1 amide bonds. The van der Waals surface area contributed by atoms with Crippen molar-refractivity contribution < 1.29 is 26.3 Å². The lowest BCUT2D eigenvalue weighted by atomic mass is 10.1. The summed E-state index contributed by atoms with van der Waals surface area (Å²) in [6.45, 7) is 4.19. The fourth-order valence-electron chi connectivity index (χ4n) is 2.55. The molecule has 0 fully saturated rings. The Bertz CT molecular complexity index is 840. The summed E-state index contributed by atoms with van der Waals surface area (Å²) in [7, 11) is 0. The molecule has 0 bridgehead atoms. The minimum absolute atomic E-state index is 0. The highest BCUT2D eigenvalue weighted by molar-refractivity contribution is 7.21. The lowest BCUT2D eigenvalue weighted by molar-refractivity contribution is -0.639. The van der Waals surface area contributed by atoms with Gasteiger partial charge in [-0.15, -0.1) is 0 Å². The van der Waals surface area contributed by atoms with Crippen LogP contribution in [-0.4, -0.2) is 5.91 Å². The number of hydrogen-bond acceptors (Lipinski definition) is 3. The number of nitrogen functional groups attached to an aromatic ring is 1. The summed E-state index contributed by atoms with van der Waals surface area (Å²) in [5.74, 6) is -0.0716. The topological polar surface area (TPSA) is 59.0 Å². The van der Waals surface area contributed by atoms with E-state index in [1.807, 2.05) is 60.9 Å². The van der Waals surface area contributed by atoms with Crippen LogP contribution in [0.5, 0.6) is 0 Å². The molecule has 3 aromatic rings. The van der Waals surface area contributed by atoms with Crippen molar-refractivity contribution in [2.45, 2.75) is 20.4 Å². The molecule has 2 aromatic carbocycles. The molecular weight excluding hydrogens is 374 g/mol. The molecular formula is C17H18BrN3OS. The van der Waals surface area contributed by atoms with E-state index in [2.05, 4.69) is 5.32 Å². The number of thiazole rings is 1. The molecule has 1 aromatic heterocycles. The van der Waals surface area contributed by atoms with Gasteiger partial charge in [0.1, 0.15) is 5.52 Å². The number of para-hydroxylation sites is 2. The average Bonchev–Trinajstić information content (AvgIpc) is 2.79. The maximum Gasteiger partial charge on any atom is 0.333 e. The molecule has 0 aliphatic rings. The quantitative estimate of drug-likeness (QED) is 0.618. The number of rotatable bonds is 3. The van der Waals surface area contributed by atoms with Gasteiger partial charge in [0.2, 0.25) is 0 Å². The number of carbonyl (C=O) groups excluding carboxylic acids is 1. The number of anilines is 2. The van der Waals surface area contributed by atoms with Crippen LogP contribution in [0.1, 0.15) is 11.1 Å². The molecule has 0 aliphatic carbocycles. The molecule has 0 aliphatic heterocycles. The fourth-order valence-corrected chi connectivity index (χ4v) is 3.48. The minimum Gasteiger partial charge on any atom is -1.00 e. The van der Waals surface area contributed by atoms with E-state index in [0.29, 0.717) is 5.13 Å². The van der Waals surface area contributed by atoms with Crippen LogP contribution >= 0.6 is 11.3 Å². The second kappa shape index (κ2) is 7.10. The van der Waals surface area contributed by atoms with Crippen molar-refractivity contribution in [2.75, 3.05) is 11.1 Å². The van der Waals surface area contributed by atoms with Crippen molar-refractivity contribution in [1.29, 1.82) is 0 Å². The lowest BCUT2D eigenvalue weighted by Crippen LogP contribution is -3.00. The summed E-state index contributed by atoms with van der Waals surface area (Å²) in [4.78, 5) is 12.4. The third kappa shape index (κ3) is 3.54. The van der Waals surface area contributed by atoms with E-state index in [-0.39, 0.29) is 29.4 Å². The number of carbonyl (C=O) groups is 1. The number of nitrogens with zero attached hydrogens (tertiary/aromatic N) is 1. The zero-order chi connectivity index (χ0) is 15.7. The Kier molecular flexibility index (Phi) is 5.38. The largest absolute Gasteiger partial charge is 1.00 e. The van der Waals surface area contributed by atoms with Gasteiger partial charge in [0.05, 0.1) is 4.70 Å². The summed E-state index contributed by atoms with van der Waals surface area (Å²) in [6, 6.07) is 13.9. The minimum atomic E-state index is -0.0716. The van der Waals surface area contributed by atoms with E-state index in [1.54, 1.807) is 0 Å². The van der Waals surface area contributed by atoms with Crippen molar-refractivity contribution in [3.63, 3.8) is 0 Å². The van der Waals surface area contributed by atoms with E-state index < -0.39 is 0 Å². The molecule has 120 valence electrons. The molecule has 0 saturated carbocycles. The molecule has 1 heterocycles. The highest BCUT2D eigenvalue weighted by Gasteiger charge is 2.18. The molecule has 3 N–H and O–H groups in total. The first-order valence-electron chi connectivity index (χ1n) is 7.09. The Labute approximate surface area is 149 Å². The maximum atomic E-state index is 12.4. The zero-order valence-electron chi connectivity index (χ0n) is 13.0. The van der Waals surface area contributed by atoms with E-state index in [1.165, 1.54) is 11.3 Å². The highest BCUT2D eigenvalue weighted by Crippen LogP contribution is 2.22. The summed E-state index contributed by atoms with van der Waals surface area (Å²) < 4.78 is 2.93. The van der Waals surface area contributed by atoms with Gasteiger partial charge in [0, 0.05) is 5.69 Å². The van der Waals surface area contributed by atoms with Crippen LogP contribution < -0.4 is 32.6 Å². The Balaban J connectivity index is 0.00000192. The summed E-state index contributed by atoms with van der Waals surface area (Å²) in [5.41, 5.74) is 10.0. The van der Waals surface area contributed by atoms with Crippen LogP contribution in [0.2, 0.25) is 0 Å². The van der Waals surface area contributed by atoms with Gasteiger partial charge in [0.15, 0.2) is 6.54 Å². The monoisotopic (exact) mass is 391 g/mol. The van der Waals surface area contributed by atoms with Gasteiger partial charge in [-0.3, -0.25) is 10.5 Å². The Morgan fingerprint density at radius 1 is 1.13 bits per heavy atom. The number of nitrogens with two attached hydrogens (primary N) is 1. The van der Waals surface area contributed by atoms with Gasteiger partial charge in [-0.2, -0.15) is 0 Å². The first-order chi connectivity index (χ1) is 10.6. The number of fused-ring (bicyclic) bond motifs is 1. The highest BCUT2D eigenvalue weighted by atomic mass is 79.9. The Morgan fingerprint density at radius 2 is 1.78 bits per heavy atom. The Morgan fingerprint density at radius 3 is 2.48 bits per heavy atom. The fraction of sp³-hybridized carbons (Fsp3) is 0.176. The van der Waals surface area contributed by atoms with Crippen molar-refractivity contribution in [3.8, 4) is 0 Å². The number of aryl methyl sites for hydroxylation is 2. The van der Waals surface area contributed by atoms with Gasteiger partial charge in [-0.05, 0) is 48.4 Å². The Hall–Kier alpha value is -1.92. The molecule has 3 rings (SSSR count). The van der Waals surface area contributed by atoms with E-state index in [4.69, 9.17) is 5.73 Å². The second-order valence-electron chi connectivity index (χ2n) is 5.31. The third-order valence-electron chi connectivity index (χ3n) is 3.68. The van der Waals surface area contributed by atoms with Crippen molar-refractivity contribution in [3.05, 3.63) is 53.6 Å². The summed E-state index contributed by atoms with van der Waals surface area (Å²) in [6.07, 6.45) is 0. The number of hydrogen-bond donors (Lipinski definition) is 2. The van der Waals surface area contributed by atoms with E-state index >= 15 is 0 Å². The number of benzene rings is 2. The number of amides is 1. The third-order valence-corrected chi connectivity index (χ3v) is 4.68.